The molecule has 7 nitrogen and oxygen atoms in total. The Hall–Kier alpha value is -11.6. The maximum absolute atomic E-state index is 8.17. The van der Waals surface area contributed by atoms with Gasteiger partial charge in [-0.15, -0.1) is 0 Å². The quantitative estimate of drug-likeness (QED) is 0.156. The van der Waals surface area contributed by atoms with E-state index in [1.807, 2.05) is 36.4 Å². The number of aromatic nitrogens is 1. The van der Waals surface area contributed by atoms with Gasteiger partial charge in [0.2, 0.25) is 11.4 Å². The van der Waals surface area contributed by atoms with E-state index >= 15 is 0 Å². The van der Waals surface area contributed by atoms with E-state index in [0.717, 1.165) is 88.7 Å². The van der Waals surface area contributed by atoms with E-state index in [1.54, 1.807) is 0 Å². The van der Waals surface area contributed by atoms with Gasteiger partial charge in [0.15, 0.2) is 11.2 Å². The van der Waals surface area contributed by atoms with E-state index in [0.29, 0.717) is 33.7 Å². The summed E-state index contributed by atoms with van der Waals surface area (Å²) in [7, 11) is 0. The first kappa shape index (κ1) is 46.1. The van der Waals surface area contributed by atoms with Gasteiger partial charge in [0.1, 0.15) is 11.2 Å². The van der Waals surface area contributed by atoms with Crippen LogP contribution in [-0.4, -0.2) is 4.57 Å². The van der Waals surface area contributed by atoms with Crippen molar-refractivity contribution in [2.24, 2.45) is 0 Å². The normalized spacial score (nSPS) is 12.8. The van der Waals surface area contributed by atoms with E-state index in [-0.39, 0.29) is 0 Å². The van der Waals surface area contributed by atoms with Gasteiger partial charge in [-0.1, -0.05) is 188 Å². The van der Waals surface area contributed by atoms with Crippen LogP contribution in [0, 0.1) is 13.1 Å². The van der Waals surface area contributed by atoms with Crippen LogP contribution in [-0.2, 0) is 5.41 Å². The van der Waals surface area contributed by atoms with Crippen LogP contribution in [0.25, 0.3) is 114 Å². The number of hydrogen-bond acceptors (Lipinski definition) is 4. The summed E-state index contributed by atoms with van der Waals surface area (Å²) in [5.74, 6) is 0. The maximum Gasteiger partial charge on any atom is 0.229 e. The first-order valence-electron chi connectivity index (χ1n) is 28.2. The van der Waals surface area contributed by atoms with Gasteiger partial charge in [-0.2, -0.15) is 0 Å². The highest BCUT2D eigenvalue weighted by Gasteiger charge is 2.52. The SMILES string of the molecule is [C-]#[N+]c1cccc2c1oc1c(N(c3ccccc3)c3ccc4c(c3)c3cc(N(c5ccccc5)c5cccc6c5oc5c([N+]#[C-])cccc56)cc5c3n4-c3ccccc3C53c4ccc5ccccc5c4-c4c3ccc3ccccc43)cccc12. The largest absolute Gasteiger partial charge is 0.465 e. The molecule has 13 aromatic carbocycles. The number of nitrogens with zero attached hydrogens (tertiary/aromatic N) is 5. The average Bonchev–Trinajstić information content (AvgIpc) is 1.51. The van der Waals surface area contributed by atoms with Crippen molar-refractivity contribution in [1.29, 1.82) is 0 Å². The molecule has 0 N–H and O–H groups in total. The third kappa shape index (κ3) is 6.06. The summed E-state index contributed by atoms with van der Waals surface area (Å²) < 4.78 is 16.3. The van der Waals surface area contributed by atoms with E-state index in [9.17, 15) is 0 Å². The Bertz CT molecular complexity index is 5530. The molecule has 0 atom stereocenters. The fourth-order valence-corrected chi connectivity index (χ4v) is 14.6. The molecule has 0 amide bonds. The minimum Gasteiger partial charge on any atom is -0.465 e. The van der Waals surface area contributed by atoms with Gasteiger partial charge in [0.05, 0.1) is 46.7 Å². The van der Waals surface area contributed by atoms with Gasteiger partial charge in [-0.3, -0.25) is 0 Å². The van der Waals surface area contributed by atoms with Gasteiger partial charge in [-0.25, -0.2) is 9.69 Å². The molecule has 0 unspecified atom stereocenters. The van der Waals surface area contributed by atoms with Crippen LogP contribution in [0.3, 0.4) is 0 Å². The van der Waals surface area contributed by atoms with E-state index in [4.69, 9.17) is 22.0 Å². The first-order valence-corrected chi connectivity index (χ1v) is 28.2. The van der Waals surface area contributed by atoms with Crippen molar-refractivity contribution >= 4 is 133 Å². The summed E-state index contributed by atoms with van der Waals surface area (Å²) in [4.78, 5) is 12.4. The molecule has 388 valence electrons. The predicted octanol–water partition coefficient (Wildman–Crippen LogP) is 21.6. The molecule has 4 heterocycles. The molecule has 1 aliphatic carbocycles. The highest BCUT2D eigenvalue weighted by Crippen LogP contribution is 2.64. The van der Waals surface area contributed by atoms with Crippen LogP contribution in [0.5, 0.6) is 0 Å². The Morgan fingerprint density at radius 2 is 0.810 bits per heavy atom. The molecule has 3 aromatic heterocycles. The van der Waals surface area contributed by atoms with Gasteiger partial charge >= 0.3 is 0 Å². The molecule has 1 spiro atoms. The number of hydrogen-bond donors (Lipinski definition) is 0. The number of fused-ring (bicyclic) bond motifs is 22. The second kappa shape index (κ2) is 17.2. The molecule has 18 rings (SSSR count). The van der Waals surface area contributed by atoms with E-state index in [2.05, 4.69) is 249 Å². The van der Waals surface area contributed by atoms with Crippen molar-refractivity contribution in [3.63, 3.8) is 0 Å². The fourth-order valence-electron chi connectivity index (χ4n) is 14.6. The third-order valence-corrected chi connectivity index (χ3v) is 17.9. The van der Waals surface area contributed by atoms with Crippen LogP contribution < -0.4 is 9.80 Å². The number of benzene rings is 13. The lowest BCUT2D eigenvalue weighted by molar-refractivity contribution is 0.670. The smallest absolute Gasteiger partial charge is 0.229 e. The topological polar surface area (TPSA) is 46.4 Å². The molecule has 84 heavy (non-hydrogen) atoms. The molecule has 16 aromatic rings. The molecule has 2 aliphatic rings. The van der Waals surface area contributed by atoms with Crippen LogP contribution in [0.2, 0.25) is 0 Å². The lowest BCUT2D eigenvalue weighted by atomic mass is 9.65. The van der Waals surface area contributed by atoms with E-state index in [1.165, 1.54) is 49.4 Å². The minimum atomic E-state index is -0.813. The summed E-state index contributed by atoms with van der Waals surface area (Å²) in [5, 5.41) is 10.7. The Labute approximate surface area is 481 Å². The first-order chi connectivity index (χ1) is 41.6. The predicted molar refractivity (Wildman–Crippen MR) is 343 cm³/mol. The lowest BCUT2D eigenvalue weighted by Gasteiger charge is -2.40. The van der Waals surface area contributed by atoms with Crippen molar-refractivity contribution in [3.05, 3.63) is 306 Å². The zero-order valence-corrected chi connectivity index (χ0v) is 44.9. The molecule has 7 heteroatoms. The highest BCUT2D eigenvalue weighted by molar-refractivity contribution is 6.20. The zero-order valence-electron chi connectivity index (χ0n) is 44.9. The van der Waals surface area contributed by atoms with Crippen molar-refractivity contribution in [3.8, 4) is 16.8 Å². The van der Waals surface area contributed by atoms with Gasteiger partial charge in [0.25, 0.3) is 0 Å². The van der Waals surface area contributed by atoms with Crippen LogP contribution in [0.1, 0.15) is 22.3 Å². The molecule has 0 radical (unpaired) electrons. The van der Waals surface area contributed by atoms with Crippen LogP contribution in [0.4, 0.5) is 45.5 Å². The molecule has 1 aliphatic heterocycles. The Balaban J connectivity index is 1.01. The average molecular weight is 1070 g/mol. The van der Waals surface area contributed by atoms with Gasteiger partial charge in [0, 0.05) is 55.1 Å². The molecular weight excluding hydrogens is 1030 g/mol. The van der Waals surface area contributed by atoms with Crippen molar-refractivity contribution in [2.45, 2.75) is 5.41 Å². The number of anilines is 6. The lowest BCUT2D eigenvalue weighted by Crippen LogP contribution is -2.33. The summed E-state index contributed by atoms with van der Waals surface area (Å²) in [6.45, 7) is 16.2. The summed E-state index contributed by atoms with van der Waals surface area (Å²) in [6.07, 6.45) is 0. The van der Waals surface area contributed by atoms with Crippen LogP contribution >= 0.6 is 0 Å². The molecular formula is C77H43N5O2. The Morgan fingerprint density at radius 1 is 0.333 bits per heavy atom. The molecule has 0 saturated heterocycles. The van der Waals surface area contributed by atoms with Crippen molar-refractivity contribution in [2.75, 3.05) is 9.80 Å². The second-order valence-corrected chi connectivity index (χ2v) is 22.0. The molecule has 0 fully saturated rings. The monoisotopic (exact) mass is 1070 g/mol. The summed E-state index contributed by atoms with van der Waals surface area (Å²) >= 11 is 0. The number of para-hydroxylation sites is 7. The fraction of sp³-hybridized carbons (Fsp3) is 0.0130. The number of furan rings is 2. The number of rotatable bonds is 6. The van der Waals surface area contributed by atoms with Crippen LogP contribution in [0.15, 0.2) is 270 Å². The molecule has 0 saturated carbocycles. The molecule has 0 bridgehead atoms. The summed E-state index contributed by atoms with van der Waals surface area (Å²) in [5.41, 5.74) is 18.9. The zero-order chi connectivity index (χ0) is 55.4. The summed E-state index contributed by atoms with van der Waals surface area (Å²) in [6, 6.07) is 93.4. The van der Waals surface area contributed by atoms with E-state index < -0.39 is 5.41 Å². The third-order valence-electron chi connectivity index (χ3n) is 17.9. The maximum atomic E-state index is 8.17. The second-order valence-electron chi connectivity index (χ2n) is 22.0. The minimum absolute atomic E-state index is 0.476. The standard InChI is InChI=1S/C77H43N5O2/c1-78-64-32-15-27-54-56-29-17-35-68(75(56)83-73(54)64)80(48-21-5-3-6-22-48)50-39-42-66-58(43-50)59-44-51(81(49-23-7-4-8-24-49)69-36-18-30-57-55-28-16-33-65(79-2)74(55)84-76(57)69)45-63-72(59)82(66)67-34-14-13-31-60(67)77(63)61-40-37-46-19-9-11-25-52(46)70(61)71-53-26-12-10-20-47(53)38-41-62(71)77/h3-45H. The Kier molecular flexibility index (Phi) is 9.44. The van der Waals surface area contributed by atoms with Gasteiger partial charge in [-0.05, 0) is 128 Å². The van der Waals surface area contributed by atoms with Gasteiger partial charge < -0.3 is 23.2 Å². The van der Waals surface area contributed by atoms with Crippen molar-refractivity contribution in [1.82, 2.24) is 4.57 Å². The highest BCUT2D eigenvalue weighted by atomic mass is 16.3. The Morgan fingerprint density at radius 3 is 1.38 bits per heavy atom. The van der Waals surface area contributed by atoms with Crippen molar-refractivity contribution < 1.29 is 8.83 Å².